The first-order chi connectivity index (χ1) is 14.6. The molecule has 1 aliphatic carbocycles. The van der Waals surface area contributed by atoms with Crippen molar-refractivity contribution in [2.45, 2.75) is 51.6 Å². The topological polar surface area (TPSA) is 92.4 Å². The van der Waals surface area contributed by atoms with Crippen LogP contribution in [0.2, 0.25) is 0 Å². The third kappa shape index (κ3) is 3.36. The standard InChI is InChI=1S/C22H25N3O5/c1-3-30-18(26)11-12-24-21(27)16-13-23-19-15(9-6-10-17(19)29-2)20(16)25(22(24)28)14-7-4-5-8-14/h6,9-10,13-14H,3-5,7-8,11-12H2,1-2H3. The molecule has 30 heavy (non-hydrogen) atoms. The van der Waals surface area contributed by atoms with Crippen molar-refractivity contribution >= 4 is 27.8 Å². The lowest BCUT2D eigenvalue weighted by Crippen LogP contribution is -2.41. The smallest absolute Gasteiger partial charge is 0.331 e. The van der Waals surface area contributed by atoms with Crippen LogP contribution < -0.4 is 16.0 Å². The fourth-order valence-corrected chi connectivity index (χ4v) is 4.36. The van der Waals surface area contributed by atoms with Crippen LogP contribution in [0.3, 0.4) is 0 Å². The molecule has 0 aliphatic heterocycles. The molecule has 0 unspecified atom stereocenters. The number of ether oxygens (including phenoxy) is 2. The van der Waals surface area contributed by atoms with Crippen LogP contribution in [-0.2, 0) is 16.1 Å². The summed E-state index contributed by atoms with van der Waals surface area (Å²) in [6.07, 6.45) is 5.29. The number of methoxy groups -OCH3 is 1. The molecule has 2 aromatic heterocycles. The van der Waals surface area contributed by atoms with Gasteiger partial charge < -0.3 is 9.47 Å². The van der Waals surface area contributed by atoms with Gasteiger partial charge in [-0.3, -0.25) is 23.7 Å². The molecule has 0 atom stereocenters. The number of hydrogen-bond acceptors (Lipinski definition) is 6. The van der Waals surface area contributed by atoms with E-state index in [2.05, 4.69) is 4.98 Å². The van der Waals surface area contributed by atoms with Crippen molar-refractivity contribution in [3.05, 3.63) is 45.2 Å². The first-order valence-corrected chi connectivity index (χ1v) is 10.3. The molecule has 158 valence electrons. The molecule has 0 bridgehead atoms. The van der Waals surface area contributed by atoms with Gasteiger partial charge in [0.1, 0.15) is 11.3 Å². The van der Waals surface area contributed by atoms with Gasteiger partial charge in [0.2, 0.25) is 0 Å². The number of rotatable bonds is 6. The lowest BCUT2D eigenvalue weighted by molar-refractivity contribution is -0.143. The van der Waals surface area contributed by atoms with E-state index < -0.39 is 11.5 Å². The van der Waals surface area contributed by atoms with Crippen molar-refractivity contribution in [3.8, 4) is 5.75 Å². The summed E-state index contributed by atoms with van der Waals surface area (Å²) < 4.78 is 13.3. The van der Waals surface area contributed by atoms with Gasteiger partial charge in [-0.1, -0.05) is 25.0 Å². The molecule has 8 nitrogen and oxygen atoms in total. The minimum absolute atomic E-state index is 0.00578. The predicted octanol–water partition coefficient (Wildman–Crippen LogP) is 2.79. The minimum atomic E-state index is -0.439. The fraction of sp³-hybridized carbons (Fsp3) is 0.455. The summed E-state index contributed by atoms with van der Waals surface area (Å²) in [5.41, 5.74) is 0.375. The third-order valence-corrected chi connectivity index (χ3v) is 5.74. The molecule has 1 aromatic carbocycles. The van der Waals surface area contributed by atoms with E-state index in [0.29, 0.717) is 27.6 Å². The van der Waals surface area contributed by atoms with E-state index in [9.17, 15) is 14.4 Å². The van der Waals surface area contributed by atoms with Crippen LogP contribution >= 0.6 is 0 Å². The van der Waals surface area contributed by atoms with E-state index in [4.69, 9.17) is 9.47 Å². The SMILES string of the molecule is CCOC(=O)CCn1c(=O)c2cnc3c(OC)cccc3c2n(C2CCCC2)c1=O. The average Bonchev–Trinajstić information content (AvgIpc) is 3.27. The largest absolute Gasteiger partial charge is 0.494 e. The van der Waals surface area contributed by atoms with Crippen molar-refractivity contribution < 1.29 is 14.3 Å². The Hall–Kier alpha value is -3.16. The maximum absolute atomic E-state index is 13.5. The van der Waals surface area contributed by atoms with Crippen LogP contribution in [0.4, 0.5) is 0 Å². The first kappa shape index (κ1) is 20.1. The number of aromatic nitrogens is 3. The maximum atomic E-state index is 13.5. The van der Waals surface area contributed by atoms with Gasteiger partial charge in [0.25, 0.3) is 5.56 Å². The molecule has 1 saturated carbocycles. The molecular formula is C22H25N3O5. The fourth-order valence-electron chi connectivity index (χ4n) is 4.36. The van der Waals surface area contributed by atoms with Crippen molar-refractivity contribution in [3.63, 3.8) is 0 Å². The Morgan fingerprint density at radius 3 is 2.67 bits per heavy atom. The second kappa shape index (κ2) is 8.30. The summed E-state index contributed by atoms with van der Waals surface area (Å²) in [5, 5.41) is 1.08. The van der Waals surface area contributed by atoms with E-state index >= 15 is 0 Å². The first-order valence-electron chi connectivity index (χ1n) is 10.3. The lowest BCUT2D eigenvalue weighted by Gasteiger charge is -2.20. The van der Waals surface area contributed by atoms with E-state index in [0.717, 1.165) is 30.3 Å². The van der Waals surface area contributed by atoms with Crippen LogP contribution in [0.1, 0.15) is 45.1 Å². The Morgan fingerprint density at radius 1 is 1.20 bits per heavy atom. The second-order valence-corrected chi connectivity index (χ2v) is 7.48. The molecule has 0 N–H and O–H groups in total. The van der Waals surface area contributed by atoms with Gasteiger partial charge in [0, 0.05) is 24.2 Å². The molecule has 0 radical (unpaired) electrons. The summed E-state index contributed by atoms with van der Waals surface area (Å²) in [7, 11) is 1.57. The number of hydrogen-bond donors (Lipinski definition) is 0. The van der Waals surface area contributed by atoms with Gasteiger partial charge in [-0.2, -0.15) is 0 Å². The molecule has 0 spiro atoms. The summed E-state index contributed by atoms with van der Waals surface area (Å²) in [6.45, 7) is 1.96. The molecule has 1 aliphatic rings. The Kier molecular flexibility index (Phi) is 5.57. The Bertz CT molecular complexity index is 1220. The third-order valence-electron chi connectivity index (χ3n) is 5.74. The molecule has 3 aromatic rings. The maximum Gasteiger partial charge on any atom is 0.331 e. The molecule has 4 rings (SSSR count). The van der Waals surface area contributed by atoms with Crippen molar-refractivity contribution in [2.75, 3.05) is 13.7 Å². The molecule has 2 heterocycles. The van der Waals surface area contributed by atoms with Crippen molar-refractivity contribution in [1.29, 1.82) is 0 Å². The monoisotopic (exact) mass is 411 g/mol. The zero-order valence-electron chi connectivity index (χ0n) is 17.2. The number of esters is 1. The summed E-state index contributed by atoms with van der Waals surface area (Å²) in [6, 6.07) is 5.50. The quantitative estimate of drug-likeness (QED) is 0.457. The lowest BCUT2D eigenvalue weighted by atomic mass is 10.1. The highest BCUT2D eigenvalue weighted by Gasteiger charge is 2.25. The normalized spacial score (nSPS) is 14.5. The average molecular weight is 411 g/mol. The van der Waals surface area contributed by atoms with Gasteiger partial charge >= 0.3 is 11.7 Å². The second-order valence-electron chi connectivity index (χ2n) is 7.48. The number of pyridine rings is 1. The van der Waals surface area contributed by atoms with Crippen LogP contribution in [0.25, 0.3) is 21.8 Å². The van der Waals surface area contributed by atoms with Crippen LogP contribution in [0, 0.1) is 0 Å². The molecule has 1 fully saturated rings. The van der Waals surface area contributed by atoms with E-state index in [1.165, 1.54) is 6.20 Å². The summed E-state index contributed by atoms with van der Waals surface area (Å²) in [4.78, 5) is 43.0. The predicted molar refractivity (Wildman–Crippen MR) is 113 cm³/mol. The summed E-state index contributed by atoms with van der Waals surface area (Å²) in [5.74, 6) is 0.156. The Balaban J connectivity index is 2.00. The Morgan fingerprint density at radius 2 is 1.97 bits per heavy atom. The summed E-state index contributed by atoms with van der Waals surface area (Å²) >= 11 is 0. The van der Waals surface area contributed by atoms with Gasteiger partial charge in [0.05, 0.1) is 31.0 Å². The van der Waals surface area contributed by atoms with Gasteiger partial charge in [-0.25, -0.2) is 4.79 Å². The minimum Gasteiger partial charge on any atom is -0.494 e. The number of para-hydroxylation sites is 1. The zero-order valence-corrected chi connectivity index (χ0v) is 17.2. The van der Waals surface area contributed by atoms with E-state index in [-0.39, 0.29) is 31.3 Å². The molecular weight excluding hydrogens is 386 g/mol. The van der Waals surface area contributed by atoms with Crippen molar-refractivity contribution in [2.24, 2.45) is 0 Å². The highest BCUT2D eigenvalue weighted by molar-refractivity contribution is 6.04. The highest BCUT2D eigenvalue weighted by atomic mass is 16.5. The van der Waals surface area contributed by atoms with Crippen LogP contribution in [0.5, 0.6) is 5.75 Å². The number of benzene rings is 1. The number of carbonyl (C=O) groups is 1. The number of nitrogens with zero attached hydrogens (tertiary/aromatic N) is 3. The van der Waals surface area contributed by atoms with E-state index in [1.807, 2.05) is 12.1 Å². The highest BCUT2D eigenvalue weighted by Crippen LogP contribution is 2.34. The van der Waals surface area contributed by atoms with Crippen LogP contribution in [0.15, 0.2) is 34.0 Å². The van der Waals surface area contributed by atoms with Crippen LogP contribution in [-0.4, -0.2) is 33.8 Å². The van der Waals surface area contributed by atoms with E-state index in [1.54, 1.807) is 24.7 Å². The zero-order chi connectivity index (χ0) is 21.3. The Labute approximate surface area is 173 Å². The van der Waals surface area contributed by atoms with Gasteiger partial charge in [-0.05, 0) is 25.8 Å². The molecule has 8 heteroatoms. The number of fused-ring (bicyclic) bond motifs is 3. The number of carbonyl (C=O) groups excluding carboxylic acids is 1. The van der Waals surface area contributed by atoms with Crippen molar-refractivity contribution in [1.82, 2.24) is 14.1 Å². The van der Waals surface area contributed by atoms with Gasteiger partial charge in [-0.15, -0.1) is 0 Å². The molecule has 0 amide bonds. The molecule has 0 saturated heterocycles. The van der Waals surface area contributed by atoms with Gasteiger partial charge in [0.15, 0.2) is 0 Å².